The van der Waals surface area contributed by atoms with Gasteiger partial charge in [-0.05, 0) is 51.4 Å². The summed E-state index contributed by atoms with van der Waals surface area (Å²) in [6.07, 6.45) is 0.437. The maximum atomic E-state index is 14.0. The fraction of sp³-hybridized carbons (Fsp3) is 0.743. The second kappa shape index (κ2) is 23.8. The van der Waals surface area contributed by atoms with Gasteiger partial charge >= 0.3 is 0 Å². The van der Waals surface area contributed by atoms with Crippen LogP contribution in [0.15, 0.2) is 4.99 Å². The van der Waals surface area contributed by atoms with Crippen LogP contribution >= 0.6 is 0 Å². The lowest BCUT2D eigenvalue weighted by Crippen LogP contribution is -2.62. The summed E-state index contributed by atoms with van der Waals surface area (Å²) in [6, 6.07) is -8.70. The standard InChI is InChI=1S/C35H63N11O10/c1-8-17(3)25(41-21(7)49)32(54)45-27(20(6)48)33(55)43-23(16-47)29(51)44-26(18(4)9-2)31(53)42-22(12-10-14-39-35(37)38)34(56)46-15-11-13-24(46)30(52)40-19(5)28(36)50/h17-20,22-27,47-48H,8-16H2,1-7H3,(H2,36,50)(H,40,52)(H,41,49)(H,42,53)(H,43,55)(H,44,51)(H,45,54)(H4,37,38,39)/t17-,18-,19+,20+,22-,23-,24-,25+,26-,27-/m0/s1. The van der Waals surface area contributed by atoms with Gasteiger partial charge in [0.2, 0.25) is 47.3 Å². The Balaban J connectivity index is 3.28. The summed E-state index contributed by atoms with van der Waals surface area (Å²) in [5, 5.41) is 35.5. The van der Waals surface area contributed by atoms with Gasteiger partial charge in [-0.3, -0.25) is 43.3 Å². The number of rotatable bonds is 23. The number of amides is 8. The fourth-order valence-electron chi connectivity index (χ4n) is 5.89. The molecule has 1 fully saturated rings. The van der Waals surface area contributed by atoms with E-state index >= 15 is 0 Å². The maximum absolute atomic E-state index is 14.0. The lowest BCUT2D eigenvalue weighted by molar-refractivity contribution is -0.142. The third-order valence-electron chi connectivity index (χ3n) is 9.71. The van der Waals surface area contributed by atoms with Crippen LogP contribution in [-0.4, -0.2) is 136 Å². The number of aliphatic imine (C=N–C) groups is 1. The molecule has 8 amide bonds. The molecule has 0 aromatic carbocycles. The number of likely N-dealkylation sites (tertiary alicyclic amines) is 1. The summed E-state index contributed by atoms with van der Waals surface area (Å²) in [5.41, 5.74) is 16.2. The molecule has 0 aromatic heterocycles. The molecule has 0 aliphatic carbocycles. The normalized spacial score (nSPS) is 18.6. The molecule has 0 bridgehead atoms. The highest BCUT2D eigenvalue weighted by Gasteiger charge is 2.40. The van der Waals surface area contributed by atoms with E-state index in [0.29, 0.717) is 25.7 Å². The zero-order valence-electron chi connectivity index (χ0n) is 33.4. The van der Waals surface area contributed by atoms with E-state index in [1.807, 2.05) is 0 Å². The van der Waals surface area contributed by atoms with E-state index in [2.05, 4.69) is 36.9 Å². The van der Waals surface area contributed by atoms with Crippen molar-refractivity contribution in [2.75, 3.05) is 19.7 Å². The van der Waals surface area contributed by atoms with E-state index in [1.165, 1.54) is 25.7 Å². The molecule has 21 nitrogen and oxygen atoms in total. The second-order valence-corrected chi connectivity index (χ2v) is 14.2. The van der Waals surface area contributed by atoms with E-state index < -0.39 is 108 Å². The predicted octanol–water partition coefficient (Wildman–Crippen LogP) is -4.07. The van der Waals surface area contributed by atoms with Crippen LogP contribution in [0.5, 0.6) is 0 Å². The average molecular weight is 798 g/mol. The first-order valence-electron chi connectivity index (χ1n) is 18.9. The third-order valence-corrected chi connectivity index (χ3v) is 9.71. The highest BCUT2D eigenvalue weighted by molar-refractivity contribution is 5.98. The van der Waals surface area contributed by atoms with Crippen molar-refractivity contribution in [1.29, 1.82) is 0 Å². The zero-order chi connectivity index (χ0) is 42.9. The van der Waals surface area contributed by atoms with Crippen LogP contribution in [0.4, 0.5) is 0 Å². The van der Waals surface area contributed by atoms with Crippen LogP contribution in [-0.2, 0) is 38.4 Å². The number of nitrogens with two attached hydrogens (primary N) is 3. The van der Waals surface area contributed by atoms with Gasteiger partial charge in [0, 0.05) is 20.0 Å². The van der Waals surface area contributed by atoms with Gasteiger partial charge in [-0.15, -0.1) is 0 Å². The van der Waals surface area contributed by atoms with Gasteiger partial charge in [-0.2, -0.15) is 0 Å². The number of nitrogens with one attached hydrogen (secondary N) is 6. The van der Waals surface area contributed by atoms with Crippen molar-refractivity contribution in [2.45, 2.75) is 135 Å². The second-order valence-electron chi connectivity index (χ2n) is 14.2. The Bertz CT molecular complexity index is 1420. The zero-order valence-corrected chi connectivity index (χ0v) is 33.4. The number of aliphatic hydroxyl groups is 2. The van der Waals surface area contributed by atoms with Crippen LogP contribution in [0, 0.1) is 11.8 Å². The number of guanidine groups is 1. The van der Waals surface area contributed by atoms with E-state index in [-0.39, 0.29) is 37.8 Å². The summed E-state index contributed by atoms with van der Waals surface area (Å²) in [5.74, 6) is -7.02. The van der Waals surface area contributed by atoms with Gasteiger partial charge in [0.15, 0.2) is 5.96 Å². The molecule has 14 N–H and O–H groups in total. The molecule has 0 radical (unpaired) electrons. The first kappa shape index (κ1) is 49.0. The Hall–Kier alpha value is -5.05. The third kappa shape index (κ3) is 15.2. The molecule has 56 heavy (non-hydrogen) atoms. The molecule has 0 spiro atoms. The van der Waals surface area contributed by atoms with Crippen molar-refractivity contribution in [3.8, 4) is 0 Å². The van der Waals surface area contributed by atoms with Gasteiger partial charge < -0.3 is 64.2 Å². The topological polar surface area (TPSA) is 343 Å². The predicted molar refractivity (Wildman–Crippen MR) is 204 cm³/mol. The molecule has 0 aromatic rings. The molecular formula is C35H63N11O10. The highest BCUT2D eigenvalue weighted by Crippen LogP contribution is 2.21. The van der Waals surface area contributed by atoms with E-state index in [9.17, 15) is 48.6 Å². The van der Waals surface area contributed by atoms with Crippen LogP contribution in [0.3, 0.4) is 0 Å². The Morgan fingerprint density at radius 1 is 0.750 bits per heavy atom. The van der Waals surface area contributed by atoms with Crippen LogP contribution in [0.1, 0.15) is 87.0 Å². The van der Waals surface area contributed by atoms with E-state index in [1.54, 1.807) is 27.7 Å². The molecule has 21 heteroatoms. The number of hydrogen-bond acceptors (Lipinski definition) is 11. The van der Waals surface area contributed by atoms with Crippen molar-refractivity contribution in [2.24, 2.45) is 34.0 Å². The molecule has 318 valence electrons. The van der Waals surface area contributed by atoms with Crippen molar-refractivity contribution >= 4 is 53.2 Å². The first-order valence-corrected chi connectivity index (χ1v) is 18.9. The number of primary amides is 1. The molecular weight excluding hydrogens is 734 g/mol. The summed E-state index contributed by atoms with van der Waals surface area (Å²) in [7, 11) is 0. The fourth-order valence-corrected chi connectivity index (χ4v) is 5.89. The van der Waals surface area contributed by atoms with Gasteiger partial charge in [0.25, 0.3) is 0 Å². The van der Waals surface area contributed by atoms with Crippen LogP contribution < -0.4 is 49.1 Å². The minimum absolute atomic E-state index is 0.0344. The monoisotopic (exact) mass is 797 g/mol. The number of aliphatic hydroxyl groups excluding tert-OH is 2. The van der Waals surface area contributed by atoms with Crippen molar-refractivity contribution in [3.63, 3.8) is 0 Å². The molecule has 1 rings (SSSR count). The molecule has 1 aliphatic rings. The Labute approximate surface area is 327 Å². The lowest BCUT2D eigenvalue weighted by Gasteiger charge is -2.31. The smallest absolute Gasteiger partial charge is 0.245 e. The molecule has 1 heterocycles. The molecule has 10 atom stereocenters. The van der Waals surface area contributed by atoms with Crippen LogP contribution in [0.25, 0.3) is 0 Å². The quantitative estimate of drug-likeness (QED) is 0.0267. The molecule has 0 unspecified atom stereocenters. The lowest BCUT2D eigenvalue weighted by atomic mass is 9.97. The van der Waals surface area contributed by atoms with Gasteiger partial charge in [0.05, 0.1) is 12.7 Å². The van der Waals surface area contributed by atoms with Crippen molar-refractivity contribution < 1.29 is 48.6 Å². The average Bonchev–Trinajstić information content (AvgIpc) is 3.63. The van der Waals surface area contributed by atoms with Crippen LogP contribution in [0.2, 0.25) is 0 Å². The number of carbonyl (C=O) groups excluding carboxylic acids is 8. The summed E-state index contributed by atoms with van der Waals surface area (Å²) < 4.78 is 0. The Morgan fingerprint density at radius 2 is 1.27 bits per heavy atom. The van der Waals surface area contributed by atoms with Crippen molar-refractivity contribution in [1.82, 2.24) is 36.8 Å². The van der Waals surface area contributed by atoms with Gasteiger partial charge in [-0.1, -0.05) is 40.5 Å². The Morgan fingerprint density at radius 3 is 1.77 bits per heavy atom. The minimum atomic E-state index is -1.65. The molecule has 1 saturated heterocycles. The largest absolute Gasteiger partial charge is 0.394 e. The summed E-state index contributed by atoms with van der Waals surface area (Å²) in [6.45, 7) is 10.2. The van der Waals surface area contributed by atoms with Crippen molar-refractivity contribution in [3.05, 3.63) is 0 Å². The first-order chi connectivity index (χ1) is 26.2. The maximum Gasteiger partial charge on any atom is 0.245 e. The number of hydrogen-bond donors (Lipinski definition) is 11. The van der Waals surface area contributed by atoms with E-state index in [0.717, 1.165) is 0 Å². The molecule has 1 aliphatic heterocycles. The number of carbonyl (C=O) groups is 8. The summed E-state index contributed by atoms with van der Waals surface area (Å²) in [4.78, 5) is 109. The number of nitrogens with zero attached hydrogens (tertiary/aromatic N) is 2. The Kier molecular flexibility index (Phi) is 20.8. The highest BCUT2D eigenvalue weighted by atomic mass is 16.3. The van der Waals surface area contributed by atoms with Gasteiger partial charge in [-0.25, -0.2) is 0 Å². The van der Waals surface area contributed by atoms with Gasteiger partial charge in [0.1, 0.15) is 42.3 Å². The van der Waals surface area contributed by atoms with E-state index in [4.69, 9.17) is 17.2 Å². The molecule has 0 saturated carbocycles. The SMILES string of the molecule is CC[C@H](C)[C@H](NC(=O)[C@H](CO)NC(=O)[C@@H](NC(=O)[C@H](NC(C)=O)[C@@H](C)CC)[C@@H](C)O)C(=O)N[C@@H](CCCN=C(N)N)C(=O)N1CCC[C@H]1C(=O)N[C@H](C)C(N)=O. The summed E-state index contributed by atoms with van der Waals surface area (Å²) >= 11 is 0. The minimum Gasteiger partial charge on any atom is -0.394 e.